The van der Waals surface area contributed by atoms with Gasteiger partial charge in [0.1, 0.15) is 12.4 Å². The van der Waals surface area contributed by atoms with Crippen molar-refractivity contribution in [3.63, 3.8) is 0 Å². The summed E-state index contributed by atoms with van der Waals surface area (Å²) in [6, 6.07) is 0.507. The van der Waals surface area contributed by atoms with Gasteiger partial charge in [0, 0.05) is 5.92 Å². The molecule has 3 heteroatoms. The van der Waals surface area contributed by atoms with Gasteiger partial charge in [0.25, 0.3) is 0 Å². The lowest BCUT2D eigenvalue weighted by molar-refractivity contribution is 0.162. The number of nitrogens with zero attached hydrogens (tertiary/aromatic N) is 1. The summed E-state index contributed by atoms with van der Waals surface area (Å²) in [7, 11) is 0. The molecule has 0 aromatic heterocycles. The van der Waals surface area contributed by atoms with Gasteiger partial charge in [0.05, 0.1) is 12.6 Å². The van der Waals surface area contributed by atoms with Crippen LogP contribution in [0.15, 0.2) is 4.99 Å². The normalized spacial score (nSPS) is 40.7. The summed E-state index contributed by atoms with van der Waals surface area (Å²) in [5.74, 6) is 1.35. The second kappa shape index (κ2) is 1.70. The van der Waals surface area contributed by atoms with Crippen molar-refractivity contribution in [2.75, 3.05) is 13.2 Å². The first-order valence-electron chi connectivity index (χ1n) is 3.26. The third-order valence-electron chi connectivity index (χ3n) is 1.80. The molecule has 1 aliphatic heterocycles. The Morgan fingerprint density at radius 2 is 2.56 bits per heavy atom. The zero-order valence-corrected chi connectivity index (χ0v) is 5.21. The van der Waals surface area contributed by atoms with Crippen molar-refractivity contribution >= 4 is 5.84 Å². The number of hydrogen-bond donors (Lipinski definition) is 1. The van der Waals surface area contributed by atoms with Crippen LogP contribution in [-0.4, -0.2) is 25.1 Å². The lowest BCUT2D eigenvalue weighted by atomic mass is 10.4. The zero-order valence-electron chi connectivity index (χ0n) is 5.21. The van der Waals surface area contributed by atoms with Crippen molar-refractivity contribution in [3.05, 3.63) is 0 Å². The van der Waals surface area contributed by atoms with E-state index in [0.29, 0.717) is 24.4 Å². The minimum absolute atomic E-state index is 0.507. The molecular weight excluding hydrogens is 116 g/mol. The maximum absolute atomic E-state index is 5.48. The Kier molecular flexibility index (Phi) is 0.990. The van der Waals surface area contributed by atoms with Crippen molar-refractivity contribution in [2.45, 2.75) is 12.5 Å². The molecule has 0 aromatic rings. The van der Waals surface area contributed by atoms with E-state index in [4.69, 9.17) is 10.5 Å². The highest BCUT2D eigenvalue weighted by molar-refractivity contribution is 5.82. The largest absolute Gasteiger partial charge is 0.386 e. The number of ether oxygens (including phenoxy) is 1. The van der Waals surface area contributed by atoms with Gasteiger partial charge >= 0.3 is 0 Å². The smallest absolute Gasteiger partial charge is 0.120 e. The highest BCUT2D eigenvalue weighted by Gasteiger charge is 2.38. The SMILES string of the molecule is NC1=NC2CC2COC1. The highest BCUT2D eigenvalue weighted by atomic mass is 16.5. The van der Waals surface area contributed by atoms with Crippen LogP contribution >= 0.6 is 0 Å². The van der Waals surface area contributed by atoms with Crippen LogP contribution in [0.25, 0.3) is 0 Å². The summed E-state index contributed by atoms with van der Waals surface area (Å²) in [4.78, 5) is 4.22. The Hall–Kier alpha value is -0.570. The van der Waals surface area contributed by atoms with Gasteiger partial charge in [-0.3, -0.25) is 4.99 Å². The molecule has 1 fully saturated rings. The molecule has 2 aliphatic rings. The van der Waals surface area contributed by atoms with Gasteiger partial charge in [-0.05, 0) is 6.42 Å². The number of nitrogens with two attached hydrogens (primary N) is 1. The molecule has 1 heterocycles. The summed E-state index contributed by atoms with van der Waals surface area (Å²) in [5.41, 5.74) is 5.48. The Morgan fingerprint density at radius 3 is 3.44 bits per heavy atom. The molecular formula is C6H10N2O. The molecule has 1 saturated carbocycles. The molecule has 9 heavy (non-hydrogen) atoms. The van der Waals surface area contributed by atoms with Crippen LogP contribution in [0.3, 0.4) is 0 Å². The van der Waals surface area contributed by atoms with Crippen molar-refractivity contribution in [1.82, 2.24) is 0 Å². The molecule has 2 rings (SSSR count). The third kappa shape index (κ3) is 0.920. The van der Waals surface area contributed by atoms with Crippen molar-refractivity contribution in [3.8, 4) is 0 Å². The predicted octanol–water partition coefficient (Wildman–Crippen LogP) is -0.238. The molecule has 0 spiro atoms. The van der Waals surface area contributed by atoms with Crippen LogP contribution < -0.4 is 5.73 Å². The van der Waals surface area contributed by atoms with Crippen LogP contribution in [0.5, 0.6) is 0 Å². The molecule has 2 atom stereocenters. The van der Waals surface area contributed by atoms with Gasteiger partial charge in [-0.1, -0.05) is 0 Å². The molecule has 50 valence electrons. The van der Waals surface area contributed by atoms with Gasteiger partial charge in [-0.15, -0.1) is 0 Å². The summed E-state index contributed by atoms with van der Waals surface area (Å²) in [6.45, 7) is 1.39. The van der Waals surface area contributed by atoms with Crippen LogP contribution in [-0.2, 0) is 4.74 Å². The monoisotopic (exact) mass is 126 g/mol. The average molecular weight is 126 g/mol. The molecule has 1 aliphatic carbocycles. The van der Waals surface area contributed by atoms with Gasteiger partial charge in [-0.25, -0.2) is 0 Å². The molecule has 2 unspecified atom stereocenters. The number of fused-ring (bicyclic) bond motifs is 1. The molecule has 0 aromatic carbocycles. The first-order valence-corrected chi connectivity index (χ1v) is 3.26. The van der Waals surface area contributed by atoms with Gasteiger partial charge in [0.2, 0.25) is 0 Å². The van der Waals surface area contributed by atoms with E-state index in [1.807, 2.05) is 0 Å². The lowest BCUT2D eigenvalue weighted by Gasteiger charge is -1.96. The Bertz CT molecular complexity index is 155. The molecule has 2 N–H and O–H groups in total. The number of amidine groups is 1. The van der Waals surface area contributed by atoms with E-state index < -0.39 is 0 Å². The van der Waals surface area contributed by atoms with Gasteiger partial charge in [-0.2, -0.15) is 0 Å². The molecule has 0 saturated heterocycles. The van der Waals surface area contributed by atoms with E-state index in [0.717, 1.165) is 6.61 Å². The molecule has 0 radical (unpaired) electrons. The Morgan fingerprint density at radius 1 is 1.67 bits per heavy atom. The van der Waals surface area contributed by atoms with E-state index in [1.165, 1.54) is 6.42 Å². The van der Waals surface area contributed by atoms with Crippen LogP contribution in [0.4, 0.5) is 0 Å². The first-order chi connectivity index (χ1) is 4.36. The Labute approximate surface area is 53.9 Å². The predicted molar refractivity (Wildman–Crippen MR) is 34.3 cm³/mol. The summed E-state index contributed by atoms with van der Waals surface area (Å²) >= 11 is 0. The van der Waals surface area contributed by atoms with Crippen molar-refractivity contribution in [2.24, 2.45) is 16.6 Å². The summed E-state index contributed by atoms with van der Waals surface area (Å²) < 4.78 is 5.20. The van der Waals surface area contributed by atoms with Crippen molar-refractivity contribution in [1.29, 1.82) is 0 Å². The summed E-state index contributed by atoms with van der Waals surface area (Å²) in [6.07, 6.45) is 1.18. The first kappa shape index (κ1) is 5.23. The minimum atomic E-state index is 0.507. The van der Waals surface area contributed by atoms with Crippen molar-refractivity contribution < 1.29 is 4.74 Å². The highest BCUT2D eigenvalue weighted by Crippen LogP contribution is 2.34. The lowest BCUT2D eigenvalue weighted by Crippen LogP contribution is -2.18. The number of hydrogen-bond acceptors (Lipinski definition) is 3. The maximum atomic E-state index is 5.48. The topological polar surface area (TPSA) is 47.6 Å². The quantitative estimate of drug-likeness (QED) is 0.487. The molecule has 0 bridgehead atoms. The Balaban J connectivity index is 2.08. The van der Waals surface area contributed by atoms with E-state index in [-0.39, 0.29) is 0 Å². The fraction of sp³-hybridized carbons (Fsp3) is 0.833. The van der Waals surface area contributed by atoms with Crippen LogP contribution in [0.2, 0.25) is 0 Å². The van der Waals surface area contributed by atoms with E-state index in [9.17, 15) is 0 Å². The van der Waals surface area contributed by atoms with Gasteiger partial charge < -0.3 is 10.5 Å². The molecule has 3 nitrogen and oxygen atoms in total. The fourth-order valence-corrected chi connectivity index (χ4v) is 1.13. The average Bonchev–Trinajstić information content (AvgIpc) is 2.43. The van der Waals surface area contributed by atoms with E-state index in [2.05, 4.69) is 4.99 Å². The van der Waals surface area contributed by atoms with E-state index in [1.54, 1.807) is 0 Å². The standard InChI is InChI=1S/C6H10N2O/c7-6-3-9-2-4-1-5(4)8-6/h4-5H,1-3H2,(H2,7,8). The van der Waals surface area contributed by atoms with E-state index >= 15 is 0 Å². The maximum Gasteiger partial charge on any atom is 0.120 e. The second-order valence-corrected chi connectivity index (χ2v) is 2.70. The fourth-order valence-electron chi connectivity index (χ4n) is 1.13. The zero-order chi connectivity index (χ0) is 6.27. The van der Waals surface area contributed by atoms with Crippen LogP contribution in [0.1, 0.15) is 6.42 Å². The minimum Gasteiger partial charge on any atom is -0.386 e. The third-order valence-corrected chi connectivity index (χ3v) is 1.80. The van der Waals surface area contributed by atoms with Gasteiger partial charge in [0.15, 0.2) is 0 Å². The number of aliphatic imine (C=N–C) groups is 1. The second-order valence-electron chi connectivity index (χ2n) is 2.70. The number of rotatable bonds is 0. The van der Waals surface area contributed by atoms with Crippen LogP contribution in [0, 0.1) is 5.92 Å². The summed E-state index contributed by atoms with van der Waals surface area (Å²) in [5, 5.41) is 0. The molecule has 0 amide bonds.